The van der Waals surface area contributed by atoms with Crippen molar-refractivity contribution in [3.63, 3.8) is 0 Å². The van der Waals surface area contributed by atoms with Crippen LogP contribution in [-0.2, 0) is 0 Å². The molecule has 0 saturated carbocycles. The molecule has 1 N–H and O–H groups in total. The molecule has 42 valence electrons. The molecule has 0 rings (SSSR count). The van der Waals surface area contributed by atoms with Crippen LogP contribution in [0.15, 0.2) is 4.99 Å². The first-order chi connectivity index (χ1) is 3.31. The predicted octanol–water partition coefficient (Wildman–Crippen LogP) is 0.902. The van der Waals surface area contributed by atoms with E-state index >= 15 is 0 Å². The fourth-order valence-corrected chi connectivity index (χ4v) is 0.580. The maximum absolute atomic E-state index is 3.86. The van der Waals surface area contributed by atoms with E-state index in [0.717, 1.165) is 5.84 Å². The molecule has 0 spiro atoms. The Hall–Kier alpha value is -0.180. The summed E-state index contributed by atoms with van der Waals surface area (Å²) in [5, 5.41) is 0. The van der Waals surface area contributed by atoms with Crippen molar-refractivity contribution in [2.24, 2.45) is 4.99 Å². The van der Waals surface area contributed by atoms with Crippen LogP contribution in [0.5, 0.6) is 0 Å². The zero-order valence-electron chi connectivity index (χ0n) is 4.86. The molecule has 0 heterocycles. The topological polar surface area (TPSA) is 24.4 Å². The van der Waals surface area contributed by atoms with Crippen molar-refractivity contribution < 1.29 is 0 Å². The van der Waals surface area contributed by atoms with Gasteiger partial charge in [0.25, 0.3) is 0 Å². The van der Waals surface area contributed by atoms with E-state index in [1.165, 1.54) is 0 Å². The van der Waals surface area contributed by atoms with Crippen LogP contribution in [0, 0.1) is 0 Å². The number of hydrogen-bond donors (Lipinski definition) is 1. The lowest BCUT2D eigenvalue weighted by Gasteiger charge is -1.95. The molecular formula is C4H10N2S. The Labute approximate surface area is 48.5 Å². The van der Waals surface area contributed by atoms with Gasteiger partial charge >= 0.3 is 0 Å². The SMILES string of the molecule is CN=C(C)NSC. The first-order valence-corrected chi connectivity index (χ1v) is 3.26. The summed E-state index contributed by atoms with van der Waals surface area (Å²) in [6.45, 7) is 1.93. The fourth-order valence-electron chi connectivity index (χ4n) is 0.193. The normalized spacial score (nSPS) is 11.6. The Kier molecular flexibility index (Phi) is 3.89. The third-order valence-corrected chi connectivity index (χ3v) is 1.08. The molecule has 0 fully saturated rings. The van der Waals surface area contributed by atoms with E-state index in [-0.39, 0.29) is 0 Å². The van der Waals surface area contributed by atoms with Crippen molar-refractivity contribution in [3.05, 3.63) is 0 Å². The Morgan fingerprint density at radius 2 is 2.29 bits per heavy atom. The van der Waals surface area contributed by atoms with E-state index in [2.05, 4.69) is 9.71 Å². The molecule has 0 radical (unpaired) electrons. The lowest BCUT2D eigenvalue weighted by Crippen LogP contribution is -2.09. The number of rotatable bonds is 1. The van der Waals surface area contributed by atoms with Crippen molar-refractivity contribution in [2.45, 2.75) is 6.92 Å². The van der Waals surface area contributed by atoms with Crippen LogP contribution in [0.25, 0.3) is 0 Å². The molecule has 7 heavy (non-hydrogen) atoms. The summed E-state index contributed by atoms with van der Waals surface area (Å²) in [5.74, 6) is 0.965. The molecule has 0 unspecified atom stereocenters. The second-order valence-electron chi connectivity index (χ2n) is 1.12. The molecule has 0 aromatic heterocycles. The van der Waals surface area contributed by atoms with Crippen LogP contribution in [0.3, 0.4) is 0 Å². The van der Waals surface area contributed by atoms with Gasteiger partial charge in [-0.25, -0.2) is 0 Å². The molecule has 0 atom stereocenters. The Bertz CT molecular complexity index is 70.1. The molecule has 0 aliphatic heterocycles. The van der Waals surface area contributed by atoms with E-state index in [9.17, 15) is 0 Å². The molecular weight excluding hydrogens is 108 g/mol. The molecule has 0 aliphatic rings. The van der Waals surface area contributed by atoms with Gasteiger partial charge in [0.05, 0.1) is 0 Å². The number of hydrogen-bond acceptors (Lipinski definition) is 2. The van der Waals surface area contributed by atoms with Gasteiger partial charge in [-0.15, -0.1) is 0 Å². The van der Waals surface area contributed by atoms with E-state index in [0.29, 0.717) is 0 Å². The number of nitrogens with one attached hydrogen (secondary N) is 1. The highest BCUT2D eigenvalue weighted by atomic mass is 32.2. The molecule has 3 heteroatoms. The Morgan fingerprint density at radius 3 is 2.43 bits per heavy atom. The average Bonchev–Trinajstić information content (AvgIpc) is 1.68. The van der Waals surface area contributed by atoms with Crippen molar-refractivity contribution in [2.75, 3.05) is 13.3 Å². The van der Waals surface area contributed by atoms with Crippen molar-refractivity contribution in [1.29, 1.82) is 0 Å². The van der Waals surface area contributed by atoms with E-state index in [1.54, 1.807) is 19.0 Å². The molecule has 0 aliphatic carbocycles. The smallest absolute Gasteiger partial charge is 0.103 e. The first-order valence-electron chi connectivity index (χ1n) is 2.03. The van der Waals surface area contributed by atoms with Crippen LogP contribution in [0.1, 0.15) is 6.92 Å². The highest BCUT2D eigenvalue weighted by molar-refractivity contribution is 7.97. The summed E-state index contributed by atoms with van der Waals surface area (Å²) in [5.41, 5.74) is 0. The van der Waals surface area contributed by atoms with Crippen LogP contribution in [-0.4, -0.2) is 19.1 Å². The van der Waals surface area contributed by atoms with Gasteiger partial charge in [-0.1, -0.05) is 11.9 Å². The first kappa shape index (κ1) is 6.82. The molecule has 0 saturated heterocycles. The van der Waals surface area contributed by atoms with Gasteiger partial charge in [0.1, 0.15) is 5.84 Å². The standard InChI is InChI=1S/C4H10N2S/c1-4(5-2)6-7-3/h1-3H3,(H,5,6). The second kappa shape index (κ2) is 3.99. The molecule has 0 amide bonds. The van der Waals surface area contributed by atoms with Crippen LogP contribution < -0.4 is 4.72 Å². The lowest BCUT2D eigenvalue weighted by atomic mass is 10.7. The summed E-state index contributed by atoms with van der Waals surface area (Å²) in [7, 11) is 1.76. The fraction of sp³-hybridized carbons (Fsp3) is 0.750. The minimum Gasteiger partial charge on any atom is -0.319 e. The number of amidine groups is 1. The Morgan fingerprint density at radius 1 is 1.71 bits per heavy atom. The number of nitrogens with zero attached hydrogens (tertiary/aromatic N) is 1. The zero-order chi connectivity index (χ0) is 5.70. The largest absolute Gasteiger partial charge is 0.319 e. The van der Waals surface area contributed by atoms with Crippen molar-refractivity contribution in [3.8, 4) is 0 Å². The van der Waals surface area contributed by atoms with Crippen LogP contribution in [0.2, 0.25) is 0 Å². The van der Waals surface area contributed by atoms with Crippen LogP contribution >= 0.6 is 11.9 Å². The maximum Gasteiger partial charge on any atom is 0.103 e. The monoisotopic (exact) mass is 118 g/mol. The summed E-state index contributed by atoms with van der Waals surface area (Å²) in [6.07, 6.45) is 1.97. The minimum absolute atomic E-state index is 0.965. The van der Waals surface area contributed by atoms with Crippen molar-refractivity contribution >= 4 is 17.8 Å². The molecule has 0 aromatic rings. The van der Waals surface area contributed by atoms with Gasteiger partial charge in [-0.3, -0.25) is 4.99 Å². The summed E-state index contributed by atoms with van der Waals surface area (Å²) in [6, 6.07) is 0. The second-order valence-corrected chi connectivity index (χ2v) is 1.73. The zero-order valence-corrected chi connectivity index (χ0v) is 5.67. The summed E-state index contributed by atoms with van der Waals surface area (Å²) >= 11 is 1.55. The van der Waals surface area contributed by atoms with E-state index in [4.69, 9.17) is 0 Å². The lowest BCUT2D eigenvalue weighted by molar-refractivity contribution is 1.34. The third kappa shape index (κ3) is 3.66. The summed E-state index contributed by atoms with van der Waals surface area (Å²) in [4.78, 5) is 3.86. The van der Waals surface area contributed by atoms with Gasteiger partial charge in [-0.05, 0) is 6.92 Å². The Balaban J connectivity index is 3.17. The van der Waals surface area contributed by atoms with Gasteiger partial charge in [0.15, 0.2) is 0 Å². The average molecular weight is 118 g/mol. The molecule has 0 aromatic carbocycles. The predicted molar refractivity (Wildman–Crippen MR) is 35.7 cm³/mol. The summed E-state index contributed by atoms with van der Waals surface area (Å²) < 4.78 is 2.96. The van der Waals surface area contributed by atoms with Gasteiger partial charge in [0.2, 0.25) is 0 Å². The molecule has 0 bridgehead atoms. The van der Waals surface area contributed by atoms with Gasteiger partial charge < -0.3 is 4.72 Å². The van der Waals surface area contributed by atoms with Gasteiger partial charge in [-0.2, -0.15) is 0 Å². The van der Waals surface area contributed by atoms with Crippen molar-refractivity contribution in [1.82, 2.24) is 4.72 Å². The van der Waals surface area contributed by atoms with Crippen LogP contribution in [0.4, 0.5) is 0 Å². The highest BCUT2D eigenvalue weighted by Gasteiger charge is 1.78. The number of aliphatic imine (C=N–C) groups is 1. The van der Waals surface area contributed by atoms with E-state index < -0.39 is 0 Å². The minimum atomic E-state index is 0.965. The van der Waals surface area contributed by atoms with E-state index in [1.807, 2.05) is 13.2 Å². The maximum atomic E-state index is 3.86. The third-order valence-electron chi connectivity index (χ3n) is 0.585. The highest BCUT2D eigenvalue weighted by Crippen LogP contribution is 1.80. The van der Waals surface area contributed by atoms with Gasteiger partial charge in [0, 0.05) is 13.3 Å². The molecule has 2 nitrogen and oxygen atoms in total. The quantitative estimate of drug-likeness (QED) is 0.314.